The minimum Gasteiger partial charge on any atom is -0.464 e. The number of carbonyl (C=O) groups is 1. The largest absolute Gasteiger partial charge is 0.464 e. The number of nitrogens with zero attached hydrogens (tertiary/aromatic N) is 4. The highest BCUT2D eigenvalue weighted by Crippen LogP contribution is 2.33. The molecule has 38 heavy (non-hydrogen) atoms. The van der Waals surface area contributed by atoms with Gasteiger partial charge in [-0.25, -0.2) is 8.42 Å². The second-order valence-corrected chi connectivity index (χ2v) is 11.5. The zero-order valence-electron chi connectivity index (χ0n) is 21.3. The molecule has 0 unspecified atom stereocenters. The number of rotatable bonds is 10. The molecular weight excluding hydrogens is 547 g/mol. The van der Waals surface area contributed by atoms with Crippen molar-refractivity contribution in [2.45, 2.75) is 44.9 Å². The van der Waals surface area contributed by atoms with Crippen LogP contribution in [0.5, 0.6) is 0 Å². The van der Waals surface area contributed by atoms with Crippen LogP contribution < -0.4 is 4.31 Å². The van der Waals surface area contributed by atoms with Crippen molar-refractivity contribution < 1.29 is 17.9 Å². The smallest absolute Gasteiger partial charge is 0.326 e. The average molecular weight is 576 g/mol. The summed E-state index contributed by atoms with van der Waals surface area (Å²) in [5.74, 6) is -0.0101. The van der Waals surface area contributed by atoms with Crippen LogP contribution in [0.4, 0.5) is 5.69 Å². The first-order chi connectivity index (χ1) is 18.1. The fourth-order valence-electron chi connectivity index (χ4n) is 4.05. The molecule has 4 aromatic rings. The molecule has 0 aliphatic heterocycles. The number of aryl methyl sites for hydroxylation is 2. The van der Waals surface area contributed by atoms with E-state index >= 15 is 0 Å². The van der Waals surface area contributed by atoms with Gasteiger partial charge in [0.05, 0.1) is 28.4 Å². The summed E-state index contributed by atoms with van der Waals surface area (Å²) in [6, 6.07) is 13.0. The Labute approximate surface area is 232 Å². The van der Waals surface area contributed by atoms with Crippen molar-refractivity contribution >= 4 is 55.8 Å². The highest BCUT2D eigenvalue weighted by molar-refractivity contribution is 7.92. The molecule has 0 fully saturated rings. The predicted octanol–water partition coefficient (Wildman–Crippen LogP) is 6.14. The third-order valence-electron chi connectivity index (χ3n) is 6.03. The third-order valence-corrected chi connectivity index (χ3v) is 8.22. The minimum atomic E-state index is -4.23. The molecule has 200 valence electrons. The Balaban J connectivity index is 1.83. The van der Waals surface area contributed by atoms with Gasteiger partial charge in [0, 0.05) is 21.6 Å². The summed E-state index contributed by atoms with van der Waals surface area (Å²) in [5.41, 5.74) is 2.93. The Morgan fingerprint density at radius 1 is 1.03 bits per heavy atom. The number of aromatic nitrogens is 3. The SMILES string of the molecule is CCCCOC(=O)CN(c1ccc2c(c1)c(CC)cn2-c1ccc(C)nn1)S(=O)(=O)c1cc(Cl)cc(Cl)c1. The maximum absolute atomic E-state index is 13.8. The number of hydrogen-bond acceptors (Lipinski definition) is 6. The molecule has 4 rings (SSSR count). The molecule has 0 amide bonds. The number of fused-ring (bicyclic) bond motifs is 1. The Bertz CT molecular complexity index is 1550. The Morgan fingerprint density at radius 3 is 2.39 bits per heavy atom. The molecule has 0 saturated heterocycles. The van der Waals surface area contributed by atoms with Crippen LogP contribution in [0.1, 0.15) is 37.9 Å². The quantitative estimate of drug-likeness (QED) is 0.167. The lowest BCUT2D eigenvalue weighted by molar-refractivity contribution is -0.141. The molecule has 0 aliphatic carbocycles. The van der Waals surface area contributed by atoms with E-state index < -0.39 is 22.5 Å². The van der Waals surface area contributed by atoms with Gasteiger partial charge in [-0.05, 0) is 73.9 Å². The number of benzene rings is 2. The van der Waals surface area contributed by atoms with Crippen LogP contribution in [0.2, 0.25) is 10.0 Å². The molecule has 0 radical (unpaired) electrons. The molecule has 0 spiro atoms. The Morgan fingerprint density at radius 2 is 1.76 bits per heavy atom. The number of anilines is 1. The van der Waals surface area contributed by atoms with Gasteiger partial charge in [0.1, 0.15) is 6.54 Å². The molecule has 0 N–H and O–H groups in total. The molecular formula is C27H28Cl2N4O4S. The van der Waals surface area contributed by atoms with Crippen LogP contribution in [0, 0.1) is 6.92 Å². The number of ether oxygens (including phenoxy) is 1. The predicted molar refractivity (Wildman–Crippen MR) is 150 cm³/mol. The number of sulfonamides is 1. The van der Waals surface area contributed by atoms with Crippen molar-refractivity contribution in [1.29, 1.82) is 0 Å². The summed E-state index contributed by atoms with van der Waals surface area (Å²) in [6.07, 6.45) is 4.18. The molecule has 2 aromatic heterocycles. The summed E-state index contributed by atoms with van der Waals surface area (Å²) >= 11 is 12.2. The summed E-state index contributed by atoms with van der Waals surface area (Å²) in [4.78, 5) is 12.6. The van der Waals surface area contributed by atoms with Crippen LogP contribution in [0.25, 0.3) is 16.7 Å². The van der Waals surface area contributed by atoms with E-state index in [4.69, 9.17) is 27.9 Å². The Kier molecular flexibility index (Phi) is 8.60. The van der Waals surface area contributed by atoms with E-state index in [9.17, 15) is 13.2 Å². The topological polar surface area (TPSA) is 94.4 Å². The number of hydrogen-bond donors (Lipinski definition) is 0. The molecule has 8 nitrogen and oxygen atoms in total. The van der Waals surface area contributed by atoms with Gasteiger partial charge in [-0.3, -0.25) is 13.7 Å². The standard InChI is InChI=1S/C27H28Cl2N4O4S/c1-4-6-11-37-27(34)17-33(38(35,36)23-13-20(28)12-21(29)14-23)22-8-9-25-24(15-22)19(5-2)16-32(25)26-10-7-18(3)30-31-26/h7-10,12-16H,4-6,11,17H2,1-3H3. The highest BCUT2D eigenvalue weighted by Gasteiger charge is 2.29. The van der Waals surface area contributed by atoms with E-state index in [0.717, 1.165) is 32.9 Å². The van der Waals surface area contributed by atoms with Crippen molar-refractivity contribution in [2.75, 3.05) is 17.5 Å². The fourth-order valence-corrected chi connectivity index (χ4v) is 6.17. The molecule has 11 heteroatoms. The lowest BCUT2D eigenvalue weighted by Gasteiger charge is -2.24. The van der Waals surface area contributed by atoms with Crippen molar-refractivity contribution in [2.24, 2.45) is 0 Å². The van der Waals surface area contributed by atoms with Gasteiger partial charge in [0.25, 0.3) is 10.0 Å². The first-order valence-electron chi connectivity index (χ1n) is 12.2. The van der Waals surface area contributed by atoms with Crippen LogP contribution in [-0.2, 0) is 26.0 Å². The maximum atomic E-state index is 13.8. The number of unbranched alkanes of at least 4 members (excludes halogenated alkanes) is 1. The zero-order chi connectivity index (χ0) is 27.4. The normalized spacial score (nSPS) is 11.6. The van der Waals surface area contributed by atoms with Gasteiger partial charge in [-0.2, -0.15) is 5.10 Å². The fraction of sp³-hybridized carbons (Fsp3) is 0.296. The summed E-state index contributed by atoms with van der Waals surface area (Å²) in [7, 11) is -4.23. The van der Waals surface area contributed by atoms with Crippen molar-refractivity contribution in [3.63, 3.8) is 0 Å². The van der Waals surface area contributed by atoms with Crippen LogP contribution in [-0.4, -0.2) is 42.3 Å². The second-order valence-electron chi connectivity index (χ2n) is 8.80. The van der Waals surface area contributed by atoms with E-state index in [2.05, 4.69) is 10.2 Å². The van der Waals surface area contributed by atoms with Gasteiger partial charge in [0.2, 0.25) is 0 Å². The maximum Gasteiger partial charge on any atom is 0.326 e. The van der Waals surface area contributed by atoms with Crippen molar-refractivity contribution in [3.05, 3.63) is 76.0 Å². The Hall–Kier alpha value is -3.14. The first-order valence-corrected chi connectivity index (χ1v) is 14.4. The summed E-state index contributed by atoms with van der Waals surface area (Å²) in [5, 5.41) is 9.62. The van der Waals surface area contributed by atoms with E-state index in [-0.39, 0.29) is 21.5 Å². The monoisotopic (exact) mass is 574 g/mol. The van der Waals surface area contributed by atoms with E-state index in [0.29, 0.717) is 24.3 Å². The zero-order valence-corrected chi connectivity index (χ0v) is 23.6. The highest BCUT2D eigenvalue weighted by atomic mass is 35.5. The lowest BCUT2D eigenvalue weighted by Crippen LogP contribution is -2.36. The minimum absolute atomic E-state index is 0.125. The van der Waals surface area contributed by atoms with Crippen LogP contribution in [0.15, 0.2) is 59.6 Å². The van der Waals surface area contributed by atoms with Gasteiger partial charge < -0.3 is 4.74 Å². The molecule has 2 heterocycles. The van der Waals surface area contributed by atoms with Crippen molar-refractivity contribution in [3.8, 4) is 5.82 Å². The molecule has 0 saturated carbocycles. The lowest BCUT2D eigenvalue weighted by atomic mass is 10.1. The summed E-state index contributed by atoms with van der Waals surface area (Å²) < 4.78 is 35.9. The average Bonchev–Trinajstić information content (AvgIpc) is 3.25. The van der Waals surface area contributed by atoms with Crippen LogP contribution in [0.3, 0.4) is 0 Å². The summed E-state index contributed by atoms with van der Waals surface area (Å²) in [6.45, 7) is 5.56. The molecule has 0 bridgehead atoms. The van der Waals surface area contributed by atoms with Crippen molar-refractivity contribution in [1.82, 2.24) is 14.8 Å². The molecule has 2 aromatic carbocycles. The number of esters is 1. The van der Waals surface area contributed by atoms with Gasteiger partial charge >= 0.3 is 5.97 Å². The van der Waals surface area contributed by atoms with E-state index in [1.54, 1.807) is 18.2 Å². The second kappa shape index (κ2) is 11.7. The number of carbonyl (C=O) groups excluding carboxylic acids is 1. The molecule has 0 atom stereocenters. The van der Waals surface area contributed by atoms with E-state index in [1.807, 2.05) is 43.7 Å². The number of halogens is 2. The first kappa shape index (κ1) is 27.9. The third kappa shape index (κ3) is 5.95. The van der Waals surface area contributed by atoms with Crippen LogP contribution >= 0.6 is 23.2 Å². The van der Waals surface area contributed by atoms with Gasteiger partial charge in [-0.15, -0.1) is 5.10 Å². The van der Waals surface area contributed by atoms with E-state index in [1.165, 1.54) is 18.2 Å². The molecule has 0 aliphatic rings. The van der Waals surface area contributed by atoms with Gasteiger partial charge in [-0.1, -0.05) is 43.5 Å². The van der Waals surface area contributed by atoms with Gasteiger partial charge in [0.15, 0.2) is 5.82 Å².